The molecule has 0 spiro atoms. The Bertz CT molecular complexity index is 625. The third-order valence-corrected chi connectivity index (χ3v) is 2.96. The largest absolute Gasteiger partial charge is 0.480 e. The molecule has 2 rings (SSSR count). The van der Waals surface area contributed by atoms with Crippen molar-refractivity contribution in [2.75, 3.05) is 6.54 Å². The van der Waals surface area contributed by atoms with Gasteiger partial charge in [0, 0.05) is 10.0 Å². The number of carbonyl (C=O) groups is 2. The number of nitrogens with one attached hydrogen (secondary N) is 1. The molecule has 2 aromatic carbocycles. The Kier molecular flexibility index (Phi) is 3.62. The number of carboxylic acids is 1. The van der Waals surface area contributed by atoms with Crippen LogP contribution in [-0.4, -0.2) is 23.5 Å². The van der Waals surface area contributed by atoms with Gasteiger partial charge in [0.25, 0.3) is 5.91 Å². The van der Waals surface area contributed by atoms with E-state index >= 15 is 0 Å². The van der Waals surface area contributed by atoms with Crippen molar-refractivity contribution < 1.29 is 14.7 Å². The van der Waals surface area contributed by atoms with Crippen LogP contribution in [0.15, 0.2) is 40.9 Å². The van der Waals surface area contributed by atoms with E-state index in [9.17, 15) is 9.59 Å². The molecule has 18 heavy (non-hydrogen) atoms. The van der Waals surface area contributed by atoms with E-state index in [-0.39, 0.29) is 12.5 Å². The summed E-state index contributed by atoms with van der Waals surface area (Å²) in [4.78, 5) is 22.0. The van der Waals surface area contributed by atoms with Crippen LogP contribution in [0.1, 0.15) is 10.4 Å². The van der Waals surface area contributed by atoms with Crippen molar-refractivity contribution in [2.45, 2.75) is 0 Å². The number of hydrogen-bond donors (Lipinski definition) is 2. The molecule has 2 aromatic rings. The summed E-state index contributed by atoms with van der Waals surface area (Å²) >= 11 is 3.38. The zero-order valence-corrected chi connectivity index (χ0v) is 10.9. The summed E-state index contributed by atoms with van der Waals surface area (Å²) in [6, 6.07) is 11.0. The maximum absolute atomic E-state index is 11.7. The van der Waals surface area contributed by atoms with Gasteiger partial charge < -0.3 is 10.4 Å². The number of rotatable bonds is 3. The Morgan fingerprint density at radius 1 is 1.11 bits per heavy atom. The number of carboxylic acid groups (broad SMARTS) is 1. The second-order valence-electron chi connectivity index (χ2n) is 3.78. The Morgan fingerprint density at radius 3 is 2.50 bits per heavy atom. The fourth-order valence-electron chi connectivity index (χ4n) is 1.62. The molecule has 0 aliphatic carbocycles. The molecule has 0 saturated carbocycles. The lowest BCUT2D eigenvalue weighted by atomic mass is 10.1. The van der Waals surface area contributed by atoms with E-state index in [1.54, 1.807) is 12.1 Å². The number of amides is 1. The molecule has 1 amide bonds. The fraction of sp³-hybridized carbons (Fsp3) is 0.0769. The summed E-state index contributed by atoms with van der Waals surface area (Å²) in [5, 5.41) is 12.8. The third-order valence-electron chi connectivity index (χ3n) is 2.46. The first-order chi connectivity index (χ1) is 8.56. The summed E-state index contributed by atoms with van der Waals surface area (Å²) < 4.78 is 0.970. The first kappa shape index (κ1) is 12.6. The molecule has 4 nitrogen and oxygen atoms in total. The number of hydrogen-bond acceptors (Lipinski definition) is 2. The van der Waals surface area contributed by atoms with Crippen molar-refractivity contribution in [3.8, 4) is 0 Å². The Labute approximate surface area is 112 Å². The Hall–Kier alpha value is -1.88. The molecule has 2 N–H and O–H groups in total. The number of carbonyl (C=O) groups excluding carboxylic acids is 1. The van der Waals surface area contributed by atoms with Crippen LogP contribution in [0.5, 0.6) is 0 Å². The van der Waals surface area contributed by atoms with E-state index in [1.165, 1.54) is 0 Å². The monoisotopic (exact) mass is 307 g/mol. The molecule has 92 valence electrons. The molecular formula is C13H10BrNO3. The molecule has 0 heterocycles. The van der Waals surface area contributed by atoms with Gasteiger partial charge in [-0.1, -0.05) is 28.1 Å². The van der Waals surface area contributed by atoms with Crippen molar-refractivity contribution in [1.29, 1.82) is 0 Å². The van der Waals surface area contributed by atoms with E-state index in [4.69, 9.17) is 5.11 Å². The number of benzene rings is 2. The van der Waals surface area contributed by atoms with Crippen LogP contribution in [0.25, 0.3) is 10.8 Å². The van der Waals surface area contributed by atoms with Gasteiger partial charge in [0.15, 0.2) is 0 Å². The van der Waals surface area contributed by atoms with E-state index in [1.807, 2.05) is 24.3 Å². The van der Waals surface area contributed by atoms with E-state index in [0.717, 1.165) is 15.2 Å². The van der Waals surface area contributed by atoms with Gasteiger partial charge in [-0.3, -0.25) is 9.59 Å². The standard InChI is InChI=1S/C13H10BrNO3/c14-11-4-3-8-5-10(2-1-9(8)6-11)13(18)15-7-12(16)17/h1-6H,7H2,(H,15,18)(H,16,17). The highest BCUT2D eigenvalue weighted by Crippen LogP contribution is 2.20. The smallest absolute Gasteiger partial charge is 0.322 e. The Balaban J connectivity index is 2.27. The molecule has 0 aliphatic rings. The molecule has 0 saturated heterocycles. The quantitative estimate of drug-likeness (QED) is 0.915. The molecule has 0 unspecified atom stereocenters. The normalized spacial score (nSPS) is 10.3. The van der Waals surface area contributed by atoms with Gasteiger partial charge >= 0.3 is 5.97 Å². The number of aliphatic carboxylic acids is 1. The van der Waals surface area contributed by atoms with Gasteiger partial charge in [0.1, 0.15) is 6.54 Å². The third kappa shape index (κ3) is 2.87. The second-order valence-corrected chi connectivity index (χ2v) is 4.70. The van der Waals surface area contributed by atoms with Crippen molar-refractivity contribution in [3.63, 3.8) is 0 Å². The average Bonchev–Trinajstić information content (AvgIpc) is 2.35. The molecular weight excluding hydrogens is 298 g/mol. The zero-order valence-electron chi connectivity index (χ0n) is 9.31. The molecule has 0 aromatic heterocycles. The minimum Gasteiger partial charge on any atom is -0.480 e. The Morgan fingerprint density at radius 2 is 1.78 bits per heavy atom. The number of fused-ring (bicyclic) bond motifs is 1. The highest BCUT2D eigenvalue weighted by atomic mass is 79.9. The topological polar surface area (TPSA) is 66.4 Å². The van der Waals surface area contributed by atoms with Crippen LogP contribution in [0.4, 0.5) is 0 Å². The van der Waals surface area contributed by atoms with Crippen molar-refractivity contribution in [2.24, 2.45) is 0 Å². The zero-order chi connectivity index (χ0) is 13.1. The first-order valence-corrected chi connectivity index (χ1v) is 6.05. The molecule has 0 radical (unpaired) electrons. The van der Waals surface area contributed by atoms with Crippen LogP contribution < -0.4 is 5.32 Å². The average molecular weight is 308 g/mol. The van der Waals surface area contributed by atoms with Crippen LogP contribution in [0, 0.1) is 0 Å². The molecule has 0 fully saturated rings. The SMILES string of the molecule is O=C(O)CNC(=O)c1ccc2cc(Br)ccc2c1. The summed E-state index contributed by atoms with van der Waals surface area (Å²) in [5.74, 6) is -1.45. The predicted molar refractivity (Wildman–Crippen MR) is 71.6 cm³/mol. The molecule has 5 heteroatoms. The summed E-state index contributed by atoms with van der Waals surface area (Å²) in [7, 11) is 0. The van der Waals surface area contributed by atoms with E-state index in [0.29, 0.717) is 5.56 Å². The first-order valence-electron chi connectivity index (χ1n) is 5.25. The van der Waals surface area contributed by atoms with Crippen LogP contribution in [0.3, 0.4) is 0 Å². The summed E-state index contributed by atoms with van der Waals surface area (Å²) in [6.45, 7) is -0.378. The highest BCUT2D eigenvalue weighted by molar-refractivity contribution is 9.10. The van der Waals surface area contributed by atoms with Crippen molar-refractivity contribution in [3.05, 3.63) is 46.4 Å². The lowest BCUT2D eigenvalue weighted by Crippen LogP contribution is -2.29. The number of halogens is 1. The summed E-state index contributed by atoms with van der Waals surface area (Å²) in [5.41, 5.74) is 0.450. The van der Waals surface area contributed by atoms with Gasteiger partial charge in [-0.25, -0.2) is 0 Å². The second kappa shape index (κ2) is 5.18. The van der Waals surface area contributed by atoms with E-state index < -0.39 is 5.97 Å². The van der Waals surface area contributed by atoms with Crippen LogP contribution in [-0.2, 0) is 4.79 Å². The van der Waals surface area contributed by atoms with E-state index in [2.05, 4.69) is 21.2 Å². The van der Waals surface area contributed by atoms with Gasteiger partial charge in [-0.2, -0.15) is 0 Å². The minimum atomic E-state index is -1.06. The van der Waals surface area contributed by atoms with Crippen LogP contribution >= 0.6 is 15.9 Å². The molecule has 0 aliphatic heterocycles. The highest BCUT2D eigenvalue weighted by Gasteiger charge is 2.07. The summed E-state index contributed by atoms with van der Waals surface area (Å²) in [6.07, 6.45) is 0. The molecule has 0 bridgehead atoms. The van der Waals surface area contributed by atoms with Crippen molar-refractivity contribution >= 4 is 38.6 Å². The molecule has 0 atom stereocenters. The van der Waals surface area contributed by atoms with Gasteiger partial charge in [0.05, 0.1) is 0 Å². The minimum absolute atomic E-state index is 0.378. The maximum Gasteiger partial charge on any atom is 0.322 e. The lowest BCUT2D eigenvalue weighted by Gasteiger charge is -2.04. The van der Waals surface area contributed by atoms with Gasteiger partial charge in [0.2, 0.25) is 0 Å². The van der Waals surface area contributed by atoms with Gasteiger partial charge in [-0.15, -0.1) is 0 Å². The fourth-order valence-corrected chi connectivity index (χ4v) is 1.99. The van der Waals surface area contributed by atoms with Crippen molar-refractivity contribution in [1.82, 2.24) is 5.32 Å². The lowest BCUT2D eigenvalue weighted by molar-refractivity contribution is -0.135. The predicted octanol–water partition coefficient (Wildman–Crippen LogP) is 2.42. The maximum atomic E-state index is 11.7. The van der Waals surface area contributed by atoms with Crippen LogP contribution in [0.2, 0.25) is 0 Å². The van der Waals surface area contributed by atoms with Gasteiger partial charge in [-0.05, 0) is 35.0 Å².